The van der Waals surface area contributed by atoms with Gasteiger partial charge in [0.15, 0.2) is 0 Å². The van der Waals surface area contributed by atoms with Gasteiger partial charge in [-0.25, -0.2) is 0 Å². The highest BCUT2D eigenvalue weighted by Gasteiger charge is 2.22. The lowest BCUT2D eigenvalue weighted by molar-refractivity contribution is -0.145. The zero-order chi connectivity index (χ0) is 40.0. The summed E-state index contributed by atoms with van der Waals surface area (Å²) >= 11 is 0. The van der Waals surface area contributed by atoms with E-state index < -0.39 is 0 Å². The number of ether oxygens (including phenoxy) is 2. The molecule has 0 spiro atoms. The fraction of sp³-hybridized carbons (Fsp3) is 0.959. The van der Waals surface area contributed by atoms with Gasteiger partial charge in [0, 0.05) is 19.1 Å². The number of likely N-dealkylation sites (tertiary alicyclic amines) is 1. The van der Waals surface area contributed by atoms with E-state index in [1.807, 2.05) is 0 Å². The Bertz CT molecular complexity index is 765. The van der Waals surface area contributed by atoms with Crippen molar-refractivity contribution in [2.24, 2.45) is 11.8 Å². The molecule has 0 radical (unpaired) electrons. The second-order valence-corrected chi connectivity index (χ2v) is 17.7. The summed E-state index contributed by atoms with van der Waals surface area (Å²) in [5.41, 5.74) is 0. The Hall–Kier alpha value is -1.14. The molecule has 1 unspecified atom stereocenters. The number of carbonyl (C=O) groups is 2. The lowest BCUT2D eigenvalue weighted by atomic mass is 9.94. The molecule has 1 saturated heterocycles. The average molecular weight is 777 g/mol. The Labute approximate surface area is 343 Å². The number of hydrogen-bond donors (Lipinski definition) is 0. The maximum atomic E-state index is 13.1. The molecule has 0 saturated carbocycles. The Morgan fingerprint density at radius 1 is 0.527 bits per heavy atom. The standard InChI is InChI=1S/C49H96N2O4/c1-6-10-14-18-22-26-31-45(32-27-23-19-15-11-7-2)43-54-48(52)37-41-51(40-36-47-35-30-39-50(47)5)42-38-49(53)55-44-46(33-28-24-20-16-12-8-3)34-29-25-21-17-13-9-4/h45-47H,6-44H2,1-5H3. The van der Waals surface area contributed by atoms with Gasteiger partial charge in [-0.05, 0) is 76.9 Å². The summed E-state index contributed by atoms with van der Waals surface area (Å²) in [4.78, 5) is 31.1. The molecule has 1 atom stereocenters. The van der Waals surface area contributed by atoms with E-state index in [2.05, 4.69) is 44.5 Å². The molecule has 0 N–H and O–H groups in total. The molecular weight excluding hydrogens is 681 g/mol. The van der Waals surface area contributed by atoms with Gasteiger partial charge in [-0.1, -0.05) is 182 Å². The van der Waals surface area contributed by atoms with E-state index in [0.717, 1.165) is 13.0 Å². The van der Waals surface area contributed by atoms with E-state index in [0.29, 0.717) is 57.0 Å². The Kier molecular flexibility index (Phi) is 36.2. The van der Waals surface area contributed by atoms with Crippen LogP contribution in [0.15, 0.2) is 0 Å². The molecule has 6 heteroatoms. The van der Waals surface area contributed by atoms with Crippen molar-refractivity contribution in [3.8, 4) is 0 Å². The van der Waals surface area contributed by atoms with Gasteiger partial charge in [-0.3, -0.25) is 9.59 Å². The highest BCUT2D eigenvalue weighted by molar-refractivity contribution is 5.70. The minimum absolute atomic E-state index is 0.0753. The first kappa shape index (κ1) is 51.9. The molecule has 1 aliphatic heterocycles. The molecular formula is C49H96N2O4. The summed E-state index contributed by atoms with van der Waals surface area (Å²) in [5, 5.41) is 0. The molecule has 0 bridgehead atoms. The Balaban J connectivity index is 2.64. The van der Waals surface area contributed by atoms with E-state index in [1.54, 1.807) is 0 Å². The smallest absolute Gasteiger partial charge is 0.307 e. The third-order valence-electron chi connectivity index (χ3n) is 12.5. The number of esters is 2. The first-order valence-electron chi connectivity index (χ1n) is 24.7. The molecule has 1 rings (SSSR count). The summed E-state index contributed by atoms with van der Waals surface area (Å²) in [6.45, 7) is 13.6. The van der Waals surface area contributed by atoms with Gasteiger partial charge >= 0.3 is 11.9 Å². The van der Waals surface area contributed by atoms with Crippen LogP contribution in [0.4, 0.5) is 0 Å². The molecule has 0 aliphatic carbocycles. The zero-order valence-corrected chi connectivity index (χ0v) is 37.8. The van der Waals surface area contributed by atoms with E-state index >= 15 is 0 Å². The molecule has 0 aromatic carbocycles. The second kappa shape index (κ2) is 38.4. The van der Waals surface area contributed by atoms with Crippen LogP contribution in [-0.2, 0) is 19.1 Å². The monoisotopic (exact) mass is 777 g/mol. The predicted octanol–water partition coefficient (Wildman–Crippen LogP) is 13.9. The van der Waals surface area contributed by atoms with Crippen LogP contribution >= 0.6 is 0 Å². The fourth-order valence-electron chi connectivity index (χ4n) is 8.55. The van der Waals surface area contributed by atoms with Crippen molar-refractivity contribution in [3.05, 3.63) is 0 Å². The first-order valence-corrected chi connectivity index (χ1v) is 24.7. The normalized spacial score (nSPS) is 14.9. The van der Waals surface area contributed by atoms with Crippen LogP contribution in [-0.4, -0.2) is 74.2 Å². The minimum atomic E-state index is -0.0753. The SMILES string of the molecule is CCCCCCCCC(CCCCCCCC)COC(=O)CCN(CCC(=O)OCC(CCCCCCCC)CCCCCCCC)CCC1CCCN1C. The van der Waals surface area contributed by atoms with Gasteiger partial charge in [0.05, 0.1) is 26.1 Å². The van der Waals surface area contributed by atoms with Gasteiger partial charge < -0.3 is 19.3 Å². The number of carbonyl (C=O) groups excluding carboxylic acids is 2. The predicted molar refractivity (Wildman–Crippen MR) is 237 cm³/mol. The molecule has 6 nitrogen and oxygen atoms in total. The molecule has 326 valence electrons. The largest absolute Gasteiger partial charge is 0.465 e. The van der Waals surface area contributed by atoms with Crippen LogP contribution in [0.25, 0.3) is 0 Å². The van der Waals surface area contributed by atoms with E-state index in [4.69, 9.17) is 9.47 Å². The second-order valence-electron chi connectivity index (χ2n) is 17.7. The molecule has 1 fully saturated rings. The molecule has 0 aromatic heterocycles. The number of nitrogens with zero attached hydrogens (tertiary/aromatic N) is 2. The highest BCUT2D eigenvalue weighted by atomic mass is 16.5. The number of hydrogen-bond acceptors (Lipinski definition) is 6. The molecule has 0 aromatic rings. The van der Waals surface area contributed by atoms with E-state index in [9.17, 15) is 9.59 Å². The molecule has 0 amide bonds. The fourth-order valence-corrected chi connectivity index (χ4v) is 8.55. The zero-order valence-electron chi connectivity index (χ0n) is 37.8. The van der Waals surface area contributed by atoms with Crippen LogP contribution in [0.3, 0.4) is 0 Å². The number of unbranched alkanes of at least 4 members (excludes halogenated alkanes) is 20. The van der Waals surface area contributed by atoms with Crippen molar-refractivity contribution in [1.29, 1.82) is 0 Å². The van der Waals surface area contributed by atoms with Gasteiger partial charge in [0.2, 0.25) is 0 Å². The number of rotatable bonds is 41. The van der Waals surface area contributed by atoms with Crippen molar-refractivity contribution in [2.75, 3.05) is 46.4 Å². The van der Waals surface area contributed by atoms with Crippen LogP contribution < -0.4 is 0 Å². The molecule has 1 heterocycles. The van der Waals surface area contributed by atoms with Crippen molar-refractivity contribution in [1.82, 2.24) is 9.80 Å². The van der Waals surface area contributed by atoms with Crippen molar-refractivity contribution in [2.45, 2.75) is 246 Å². The Morgan fingerprint density at radius 2 is 0.873 bits per heavy atom. The lowest BCUT2D eigenvalue weighted by Gasteiger charge is -2.26. The molecule has 55 heavy (non-hydrogen) atoms. The maximum absolute atomic E-state index is 13.1. The topological polar surface area (TPSA) is 59.1 Å². The summed E-state index contributed by atoms with van der Waals surface area (Å²) in [5.74, 6) is 0.814. The third-order valence-corrected chi connectivity index (χ3v) is 12.5. The third kappa shape index (κ3) is 31.5. The van der Waals surface area contributed by atoms with Gasteiger partial charge in [-0.15, -0.1) is 0 Å². The summed E-state index contributed by atoms with van der Waals surface area (Å²) < 4.78 is 12.0. The van der Waals surface area contributed by atoms with Crippen LogP contribution in [0.5, 0.6) is 0 Å². The lowest BCUT2D eigenvalue weighted by Crippen LogP contribution is -2.35. The van der Waals surface area contributed by atoms with Gasteiger partial charge in [-0.2, -0.15) is 0 Å². The summed E-state index contributed by atoms with van der Waals surface area (Å²) in [6.07, 6.45) is 40.5. The van der Waals surface area contributed by atoms with Crippen molar-refractivity contribution in [3.63, 3.8) is 0 Å². The summed E-state index contributed by atoms with van der Waals surface area (Å²) in [6, 6.07) is 0.593. The van der Waals surface area contributed by atoms with Crippen molar-refractivity contribution < 1.29 is 19.1 Å². The van der Waals surface area contributed by atoms with Crippen LogP contribution in [0.1, 0.15) is 240 Å². The molecule has 1 aliphatic rings. The highest BCUT2D eigenvalue weighted by Crippen LogP contribution is 2.23. The average Bonchev–Trinajstić information content (AvgIpc) is 3.61. The maximum Gasteiger partial charge on any atom is 0.307 e. The van der Waals surface area contributed by atoms with Gasteiger partial charge in [0.1, 0.15) is 0 Å². The quantitative estimate of drug-likeness (QED) is 0.0455. The van der Waals surface area contributed by atoms with Gasteiger partial charge in [0.25, 0.3) is 0 Å². The van der Waals surface area contributed by atoms with E-state index in [1.165, 1.54) is 199 Å². The first-order chi connectivity index (χ1) is 26.9. The minimum Gasteiger partial charge on any atom is -0.465 e. The van der Waals surface area contributed by atoms with E-state index in [-0.39, 0.29) is 11.9 Å². The Morgan fingerprint density at radius 3 is 1.20 bits per heavy atom. The van der Waals surface area contributed by atoms with Crippen molar-refractivity contribution >= 4 is 11.9 Å². The van der Waals surface area contributed by atoms with Crippen LogP contribution in [0, 0.1) is 11.8 Å². The van der Waals surface area contributed by atoms with Crippen LogP contribution in [0.2, 0.25) is 0 Å². The summed E-state index contributed by atoms with van der Waals surface area (Å²) in [7, 11) is 2.23.